The van der Waals surface area contributed by atoms with Crippen LogP contribution in [0.5, 0.6) is 5.75 Å². The minimum absolute atomic E-state index is 0.312. The van der Waals surface area contributed by atoms with Gasteiger partial charge in [0.1, 0.15) is 24.1 Å². The Morgan fingerprint density at radius 2 is 2.05 bits per heavy atom. The number of aryl methyl sites for hydroxylation is 1. The van der Waals surface area contributed by atoms with Gasteiger partial charge in [0.25, 0.3) is 0 Å². The van der Waals surface area contributed by atoms with Crippen LogP contribution in [0.25, 0.3) is 0 Å². The topological polar surface area (TPSA) is 63.7 Å². The summed E-state index contributed by atoms with van der Waals surface area (Å²) in [6, 6.07) is 11.6. The standard InChI is InChI=1S/C15H18N4O/c1-2-3-7-10-19-15(14(11-16)17-18-19)12-20-13-8-5-4-6-9-13/h4-6,8-9H,2-3,7,10,12H2,1H3. The molecule has 1 aromatic heterocycles. The van der Waals surface area contributed by atoms with Gasteiger partial charge in [-0.15, -0.1) is 5.10 Å². The number of hydrogen-bond donors (Lipinski definition) is 0. The number of nitrogens with zero attached hydrogens (tertiary/aromatic N) is 4. The average molecular weight is 270 g/mol. The maximum atomic E-state index is 9.08. The fourth-order valence-electron chi connectivity index (χ4n) is 1.92. The minimum atomic E-state index is 0.312. The lowest BCUT2D eigenvalue weighted by Crippen LogP contribution is -2.09. The normalized spacial score (nSPS) is 10.2. The number of unbranched alkanes of at least 4 members (excludes halogenated alkanes) is 2. The molecule has 104 valence electrons. The van der Waals surface area contributed by atoms with Crippen LogP contribution in [0.15, 0.2) is 30.3 Å². The van der Waals surface area contributed by atoms with Gasteiger partial charge in [-0.3, -0.25) is 0 Å². The van der Waals surface area contributed by atoms with Crippen LogP contribution in [0.4, 0.5) is 0 Å². The molecular formula is C15H18N4O. The highest BCUT2D eigenvalue weighted by Gasteiger charge is 2.13. The van der Waals surface area contributed by atoms with Gasteiger partial charge in [0.2, 0.25) is 0 Å². The Morgan fingerprint density at radius 1 is 1.25 bits per heavy atom. The maximum absolute atomic E-state index is 9.08. The van der Waals surface area contributed by atoms with Gasteiger partial charge in [0.05, 0.1) is 0 Å². The summed E-state index contributed by atoms with van der Waals surface area (Å²) < 4.78 is 7.46. The highest BCUT2D eigenvalue weighted by Crippen LogP contribution is 2.13. The molecule has 0 unspecified atom stereocenters. The van der Waals surface area contributed by atoms with Crippen molar-refractivity contribution in [3.05, 3.63) is 41.7 Å². The Morgan fingerprint density at radius 3 is 2.75 bits per heavy atom. The van der Waals surface area contributed by atoms with Crippen molar-refractivity contribution in [3.63, 3.8) is 0 Å². The lowest BCUT2D eigenvalue weighted by molar-refractivity contribution is 0.290. The predicted molar refractivity (Wildman–Crippen MR) is 75.0 cm³/mol. The molecule has 0 N–H and O–H groups in total. The number of benzene rings is 1. The van der Waals surface area contributed by atoms with E-state index < -0.39 is 0 Å². The second kappa shape index (κ2) is 7.29. The number of ether oxygens (including phenoxy) is 1. The molecule has 0 aliphatic heterocycles. The molecule has 5 heteroatoms. The first-order valence-electron chi connectivity index (χ1n) is 6.85. The summed E-state index contributed by atoms with van der Waals surface area (Å²) in [4.78, 5) is 0. The summed E-state index contributed by atoms with van der Waals surface area (Å²) in [6.45, 7) is 3.24. The molecule has 0 aliphatic rings. The van der Waals surface area contributed by atoms with Crippen LogP contribution in [0.1, 0.15) is 37.6 Å². The summed E-state index contributed by atoms with van der Waals surface area (Å²) in [7, 11) is 0. The van der Waals surface area contributed by atoms with Crippen LogP contribution in [0, 0.1) is 11.3 Å². The molecule has 0 atom stereocenters. The van der Waals surface area contributed by atoms with Crippen LogP contribution in [0.3, 0.4) is 0 Å². The van der Waals surface area contributed by atoms with Crippen molar-refractivity contribution in [3.8, 4) is 11.8 Å². The Bertz CT molecular complexity index is 571. The zero-order chi connectivity index (χ0) is 14.2. The van der Waals surface area contributed by atoms with Gasteiger partial charge in [-0.1, -0.05) is 43.2 Å². The molecule has 1 aromatic carbocycles. The fourth-order valence-corrected chi connectivity index (χ4v) is 1.92. The van der Waals surface area contributed by atoms with E-state index in [1.165, 1.54) is 0 Å². The maximum Gasteiger partial charge on any atom is 0.189 e. The van der Waals surface area contributed by atoms with E-state index >= 15 is 0 Å². The van der Waals surface area contributed by atoms with Crippen LogP contribution >= 0.6 is 0 Å². The van der Waals surface area contributed by atoms with Gasteiger partial charge in [0.15, 0.2) is 5.69 Å². The van der Waals surface area contributed by atoms with Gasteiger partial charge in [-0.2, -0.15) is 5.26 Å². The molecule has 0 saturated heterocycles. The molecule has 5 nitrogen and oxygen atoms in total. The van der Waals surface area contributed by atoms with Crippen LogP contribution < -0.4 is 4.74 Å². The smallest absolute Gasteiger partial charge is 0.189 e. The van der Waals surface area contributed by atoms with E-state index in [9.17, 15) is 0 Å². The zero-order valence-corrected chi connectivity index (χ0v) is 11.6. The highest BCUT2D eigenvalue weighted by atomic mass is 16.5. The molecular weight excluding hydrogens is 252 g/mol. The Labute approximate surface area is 118 Å². The fraction of sp³-hybridized carbons (Fsp3) is 0.400. The summed E-state index contributed by atoms with van der Waals surface area (Å²) in [5, 5.41) is 17.0. The number of aromatic nitrogens is 3. The van der Waals surface area contributed by atoms with E-state index in [2.05, 4.69) is 23.3 Å². The molecule has 0 saturated carbocycles. The van der Waals surface area contributed by atoms with Crippen LogP contribution in [-0.2, 0) is 13.2 Å². The number of nitriles is 1. The van der Waals surface area contributed by atoms with Crippen LogP contribution in [-0.4, -0.2) is 15.0 Å². The Kier molecular flexibility index (Phi) is 5.13. The number of para-hydroxylation sites is 1. The summed E-state index contributed by atoms with van der Waals surface area (Å²) in [5.74, 6) is 0.776. The first kappa shape index (κ1) is 14.1. The Balaban J connectivity index is 2.05. The largest absolute Gasteiger partial charge is 0.487 e. The molecule has 0 spiro atoms. The minimum Gasteiger partial charge on any atom is -0.487 e. The van der Waals surface area contributed by atoms with Gasteiger partial charge >= 0.3 is 0 Å². The first-order valence-corrected chi connectivity index (χ1v) is 6.85. The van der Waals surface area contributed by atoms with E-state index in [1.807, 2.05) is 30.3 Å². The van der Waals surface area contributed by atoms with Crippen LogP contribution in [0.2, 0.25) is 0 Å². The molecule has 0 amide bonds. The summed E-state index contributed by atoms with van der Waals surface area (Å²) >= 11 is 0. The second-order valence-electron chi connectivity index (χ2n) is 4.53. The van der Waals surface area contributed by atoms with Gasteiger partial charge < -0.3 is 4.74 Å². The summed E-state index contributed by atoms with van der Waals surface area (Å²) in [6.07, 6.45) is 3.32. The zero-order valence-electron chi connectivity index (χ0n) is 11.6. The molecule has 0 bridgehead atoms. The van der Waals surface area contributed by atoms with Gasteiger partial charge in [0, 0.05) is 6.54 Å². The third kappa shape index (κ3) is 3.58. The van der Waals surface area contributed by atoms with E-state index in [-0.39, 0.29) is 0 Å². The van der Waals surface area contributed by atoms with Crippen molar-refractivity contribution in [2.75, 3.05) is 0 Å². The third-order valence-corrected chi connectivity index (χ3v) is 3.04. The highest BCUT2D eigenvalue weighted by molar-refractivity contribution is 5.26. The molecule has 0 radical (unpaired) electrons. The van der Waals surface area contributed by atoms with E-state index in [4.69, 9.17) is 10.00 Å². The number of rotatable bonds is 7. The van der Waals surface area contributed by atoms with Crippen molar-refractivity contribution in [2.24, 2.45) is 0 Å². The third-order valence-electron chi connectivity index (χ3n) is 3.04. The molecule has 2 rings (SSSR count). The predicted octanol–water partition coefficient (Wildman–Crippen LogP) is 2.92. The first-order chi connectivity index (χ1) is 9.85. The lowest BCUT2D eigenvalue weighted by atomic mass is 10.2. The monoisotopic (exact) mass is 270 g/mol. The van der Waals surface area contributed by atoms with Crippen molar-refractivity contribution >= 4 is 0 Å². The van der Waals surface area contributed by atoms with E-state index in [0.29, 0.717) is 12.3 Å². The molecule has 20 heavy (non-hydrogen) atoms. The van der Waals surface area contributed by atoms with Gasteiger partial charge in [-0.25, -0.2) is 4.68 Å². The summed E-state index contributed by atoms with van der Waals surface area (Å²) in [5.41, 5.74) is 1.09. The SMILES string of the molecule is CCCCCn1nnc(C#N)c1COc1ccccc1. The molecule has 2 aromatic rings. The lowest BCUT2D eigenvalue weighted by Gasteiger charge is -2.08. The van der Waals surface area contributed by atoms with E-state index in [0.717, 1.165) is 37.3 Å². The quantitative estimate of drug-likeness (QED) is 0.726. The Hall–Kier alpha value is -2.35. The van der Waals surface area contributed by atoms with E-state index in [1.54, 1.807) is 4.68 Å². The average Bonchev–Trinajstić information content (AvgIpc) is 2.88. The molecule has 0 fully saturated rings. The van der Waals surface area contributed by atoms with Crippen molar-refractivity contribution < 1.29 is 4.74 Å². The molecule has 0 aliphatic carbocycles. The second-order valence-corrected chi connectivity index (χ2v) is 4.53. The van der Waals surface area contributed by atoms with Gasteiger partial charge in [-0.05, 0) is 18.6 Å². The number of hydrogen-bond acceptors (Lipinski definition) is 4. The van der Waals surface area contributed by atoms with Crippen molar-refractivity contribution in [2.45, 2.75) is 39.3 Å². The van der Waals surface area contributed by atoms with Crippen molar-refractivity contribution in [1.29, 1.82) is 5.26 Å². The van der Waals surface area contributed by atoms with Crippen molar-refractivity contribution in [1.82, 2.24) is 15.0 Å². The molecule has 1 heterocycles.